The zero-order valence-corrected chi connectivity index (χ0v) is 15.5. The summed E-state index contributed by atoms with van der Waals surface area (Å²) in [6.45, 7) is 2.47. The lowest BCUT2D eigenvalue weighted by Crippen LogP contribution is -2.01. The lowest BCUT2D eigenvalue weighted by atomic mass is 10.2. The molecule has 136 valence electrons. The number of hydrogen-bond donors (Lipinski definition) is 1. The Hall–Kier alpha value is -3.12. The van der Waals surface area contributed by atoms with E-state index in [-0.39, 0.29) is 0 Å². The predicted octanol–water partition coefficient (Wildman–Crippen LogP) is 4.66. The zero-order chi connectivity index (χ0) is 18.6. The average molecular weight is 380 g/mol. The van der Waals surface area contributed by atoms with Crippen LogP contribution in [0.5, 0.6) is 5.75 Å². The van der Waals surface area contributed by atoms with Crippen LogP contribution in [0.3, 0.4) is 0 Å². The van der Waals surface area contributed by atoms with E-state index in [1.165, 1.54) is 11.9 Å². The van der Waals surface area contributed by atoms with Crippen LogP contribution in [0.2, 0.25) is 5.02 Å². The van der Waals surface area contributed by atoms with Crippen LogP contribution < -0.4 is 10.1 Å². The second-order valence-electron chi connectivity index (χ2n) is 5.98. The second kappa shape index (κ2) is 7.63. The van der Waals surface area contributed by atoms with Crippen molar-refractivity contribution in [3.05, 3.63) is 77.5 Å². The summed E-state index contributed by atoms with van der Waals surface area (Å²) < 4.78 is 7.59. The van der Waals surface area contributed by atoms with E-state index in [1.54, 1.807) is 6.20 Å². The molecule has 0 amide bonds. The van der Waals surface area contributed by atoms with E-state index >= 15 is 0 Å². The van der Waals surface area contributed by atoms with Gasteiger partial charge in [-0.25, -0.2) is 9.50 Å². The van der Waals surface area contributed by atoms with Gasteiger partial charge in [-0.15, -0.1) is 0 Å². The summed E-state index contributed by atoms with van der Waals surface area (Å²) >= 11 is 6.39. The van der Waals surface area contributed by atoms with E-state index < -0.39 is 0 Å². The fraction of sp³-hybridized carbons (Fsp3) is 0.150. The Kier molecular flexibility index (Phi) is 4.89. The minimum Gasteiger partial charge on any atom is -0.486 e. The van der Waals surface area contributed by atoms with Crippen LogP contribution in [0.25, 0.3) is 5.52 Å². The van der Waals surface area contributed by atoms with Crippen LogP contribution in [0.4, 0.5) is 11.5 Å². The van der Waals surface area contributed by atoms with Gasteiger partial charge in [-0.1, -0.05) is 24.6 Å². The van der Waals surface area contributed by atoms with Gasteiger partial charge in [0, 0.05) is 18.1 Å². The molecule has 0 spiro atoms. The molecule has 0 aliphatic heterocycles. The van der Waals surface area contributed by atoms with Crippen LogP contribution in [-0.4, -0.2) is 19.6 Å². The Bertz CT molecular complexity index is 1060. The first-order valence-electron chi connectivity index (χ1n) is 8.65. The first kappa shape index (κ1) is 17.3. The van der Waals surface area contributed by atoms with Gasteiger partial charge >= 0.3 is 0 Å². The number of nitrogens with zero attached hydrogens (tertiary/aromatic N) is 4. The molecule has 3 aromatic heterocycles. The van der Waals surface area contributed by atoms with Gasteiger partial charge in [-0.05, 0) is 48.4 Å². The van der Waals surface area contributed by atoms with Gasteiger partial charge in [0.15, 0.2) is 5.82 Å². The van der Waals surface area contributed by atoms with Crippen LogP contribution in [0, 0.1) is 0 Å². The molecule has 1 N–H and O–H groups in total. The number of aromatic nitrogens is 4. The van der Waals surface area contributed by atoms with Gasteiger partial charge in [-0.2, -0.15) is 5.10 Å². The minimum absolute atomic E-state index is 0.365. The van der Waals surface area contributed by atoms with E-state index in [0.717, 1.165) is 29.1 Å². The molecule has 0 atom stereocenters. The highest BCUT2D eigenvalue weighted by molar-refractivity contribution is 6.32. The van der Waals surface area contributed by atoms with Crippen molar-refractivity contribution in [3.63, 3.8) is 0 Å². The van der Waals surface area contributed by atoms with E-state index in [2.05, 4.69) is 33.4 Å². The number of aryl methyl sites for hydroxylation is 1. The summed E-state index contributed by atoms with van der Waals surface area (Å²) in [6.07, 6.45) is 6.10. The largest absolute Gasteiger partial charge is 0.486 e. The normalized spacial score (nSPS) is 10.9. The Morgan fingerprint density at radius 2 is 2.07 bits per heavy atom. The fourth-order valence-corrected chi connectivity index (χ4v) is 3.10. The lowest BCUT2D eigenvalue weighted by Gasteiger charge is -2.11. The smallest absolute Gasteiger partial charge is 0.158 e. The van der Waals surface area contributed by atoms with Crippen LogP contribution in [0.1, 0.15) is 18.2 Å². The number of halogens is 1. The highest BCUT2D eigenvalue weighted by atomic mass is 35.5. The SMILES string of the molecule is CCc1ccn2ncnc(Nc3ccc(OCc4ccccn4)c(Cl)c3)c12. The molecular formula is C20H18ClN5O. The highest BCUT2D eigenvalue weighted by Crippen LogP contribution is 2.30. The summed E-state index contributed by atoms with van der Waals surface area (Å²) in [4.78, 5) is 8.63. The number of anilines is 2. The van der Waals surface area contributed by atoms with Crippen molar-refractivity contribution < 1.29 is 4.74 Å². The third kappa shape index (κ3) is 3.71. The van der Waals surface area contributed by atoms with E-state index in [4.69, 9.17) is 16.3 Å². The molecule has 0 saturated carbocycles. The van der Waals surface area contributed by atoms with Gasteiger partial charge < -0.3 is 10.1 Å². The van der Waals surface area contributed by atoms with Crippen LogP contribution in [0.15, 0.2) is 61.2 Å². The summed E-state index contributed by atoms with van der Waals surface area (Å²) in [7, 11) is 0. The van der Waals surface area contributed by atoms with E-state index in [0.29, 0.717) is 17.4 Å². The van der Waals surface area contributed by atoms with E-state index in [1.807, 2.05) is 47.1 Å². The van der Waals surface area contributed by atoms with Crippen molar-refractivity contribution in [3.8, 4) is 5.75 Å². The van der Waals surface area contributed by atoms with Crippen molar-refractivity contribution in [2.45, 2.75) is 20.0 Å². The number of fused-ring (bicyclic) bond motifs is 1. The van der Waals surface area contributed by atoms with E-state index in [9.17, 15) is 0 Å². The van der Waals surface area contributed by atoms with Gasteiger partial charge in [0.1, 0.15) is 24.2 Å². The molecule has 1 aromatic carbocycles. The monoisotopic (exact) mass is 379 g/mol. The van der Waals surface area contributed by atoms with Crippen molar-refractivity contribution in [2.75, 3.05) is 5.32 Å². The van der Waals surface area contributed by atoms with Gasteiger partial charge in [0.05, 0.1) is 10.7 Å². The molecule has 0 fully saturated rings. The summed E-state index contributed by atoms with van der Waals surface area (Å²) in [5, 5.41) is 8.10. The van der Waals surface area contributed by atoms with Crippen molar-refractivity contribution in [1.82, 2.24) is 19.6 Å². The van der Waals surface area contributed by atoms with Crippen molar-refractivity contribution in [1.29, 1.82) is 0 Å². The molecule has 27 heavy (non-hydrogen) atoms. The fourth-order valence-electron chi connectivity index (χ4n) is 2.86. The summed E-state index contributed by atoms with van der Waals surface area (Å²) in [5.41, 5.74) is 3.82. The molecule has 0 bridgehead atoms. The molecule has 0 unspecified atom stereocenters. The van der Waals surface area contributed by atoms with Crippen LogP contribution >= 0.6 is 11.6 Å². The van der Waals surface area contributed by atoms with Crippen molar-refractivity contribution in [2.24, 2.45) is 0 Å². The zero-order valence-electron chi connectivity index (χ0n) is 14.8. The standard InChI is InChI=1S/C20H18ClN5O/c1-2-14-8-10-26-19(14)20(23-13-24-26)25-15-6-7-18(17(21)11-15)27-12-16-5-3-4-9-22-16/h3-11,13H,2,12H2,1H3,(H,23,24,25). The first-order chi connectivity index (χ1) is 13.2. The lowest BCUT2D eigenvalue weighted by molar-refractivity contribution is 0.301. The maximum Gasteiger partial charge on any atom is 0.158 e. The molecule has 0 aliphatic carbocycles. The number of pyridine rings is 1. The number of nitrogens with one attached hydrogen (secondary N) is 1. The first-order valence-corrected chi connectivity index (χ1v) is 9.03. The van der Waals surface area contributed by atoms with Crippen molar-refractivity contribution >= 4 is 28.6 Å². The molecule has 3 heterocycles. The number of ether oxygens (including phenoxy) is 1. The maximum atomic E-state index is 6.39. The molecule has 4 rings (SSSR count). The van der Waals surface area contributed by atoms with Gasteiger partial charge in [0.2, 0.25) is 0 Å². The number of hydrogen-bond acceptors (Lipinski definition) is 5. The summed E-state index contributed by atoms with van der Waals surface area (Å²) in [6, 6.07) is 13.3. The third-order valence-corrected chi connectivity index (χ3v) is 4.51. The molecule has 4 aromatic rings. The molecule has 7 heteroatoms. The quantitative estimate of drug-likeness (QED) is 0.527. The number of benzene rings is 1. The highest BCUT2D eigenvalue weighted by Gasteiger charge is 2.10. The van der Waals surface area contributed by atoms with Gasteiger partial charge in [0.25, 0.3) is 0 Å². The second-order valence-corrected chi connectivity index (χ2v) is 6.38. The molecule has 0 radical (unpaired) electrons. The third-order valence-electron chi connectivity index (χ3n) is 4.21. The molecule has 6 nitrogen and oxygen atoms in total. The predicted molar refractivity (Wildman–Crippen MR) is 106 cm³/mol. The minimum atomic E-state index is 0.365. The molecular weight excluding hydrogens is 362 g/mol. The topological polar surface area (TPSA) is 64.3 Å². The Morgan fingerprint density at radius 3 is 2.85 bits per heavy atom. The maximum absolute atomic E-state index is 6.39. The summed E-state index contributed by atoms with van der Waals surface area (Å²) in [5.74, 6) is 1.35. The van der Waals surface area contributed by atoms with Gasteiger partial charge in [-0.3, -0.25) is 4.98 Å². The number of rotatable bonds is 6. The Morgan fingerprint density at radius 1 is 1.15 bits per heavy atom. The van der Waals surface area contributed by atoms with Crippen LogP contribution in [-0.2, 0) is 13.0 Å². The molecule has 0 saturated heterocycles. The Balaban J connectivity index is 1.54. The average Bonchev–Trinajstić information content (AvgIpc) is 3.12. The molecule has 0 aliphatic rings. The Labute approximate surface area is 161 Å².